The van der Waals surface area contributed by atoms with Gasteiger partial charge < -0.3 is 19.9 Å². The molecule has 6 heteroatoms. The lowest BCUT2D eigenvalue weighted by Crippen LogP contribution is -2.34. The topological polar surface area (TPSA) is 84.9 Å². The van der Waals surface area contributed by atoms with Crippen LogP contribution in [-0.4, -0.2) is 37.2 Å². The molecule has 0 saturated carbocycles. The van der Waals surface area contributed by atoms with Crippen LogP contribution < -0.4 is 14.8 Å². The predicted octanol–water partition coefficient (Wildman–Crippen LogP) is 1.31. The van der Waals surface area contributed by atoms with E-state index in [2.05, 4.69) is 5.32 Å². The van der Waals surface area contributed by atoms with E-state index in [9.17, 15) is 9.59 Å². The number of carboxylic acids is 1. The van der Waals surface area contributed by atoms with Crippen LogP contribution in [0, 0.1) is 5.92 Å². The second-order valence-electron chi connectivity index (χ2n) is 4.81. The molecule has 1 aliphatic rings. The van der Waals surface area contributed by atoms with Gasteiger partial charge in [-0.15, -0.1) is 0 Å². The maximum Gasteiger partial charge on any atom is 0.308 e. The van der Waals surface area contributed by atoms with E-state index in [4.69, 9.17) is 14.6 Å². The van der Waals surface area contributed by atoms with Crippen LogP contribution in [-0.2, 0) is 9.59 Å². The van der Waals surface area contributed by atoms with Crippen LogP contribution in [0.25, 0.3) is 6.08 Å². The van der Waals surface area contributed by atoms with Crippen LogP contribution in [0.4, 0.5) is 0 Å². The molecular weight excluding hydrogens is 274 g/mol. The molecular formula is C15H17NO5. The van der Waals surface area contributed by atoms with Crippen molar-refractivity contribution in [1.29, 1.82) is 0 Å². The molecule has 0 aromatic heterocycles. The molecule has 0 bridgehead atoms. The predicted molar refractivity (Wildman–Crippen MR) is 76.3 cm³/mol. The fourth-order valence-electron chi connectivity index (χ4n) is 1.86. The normalized spacial score (nSPS) is 14.3. The maximum absolute atomic E-state index is 12.0. The van der Waals surface area contributed by atoms with Gasteiger partial charge in [-0.3, -0.25) is 9.59 Å². The molecule has 1 aromatic carbocycles. The number of fused-ring (bicyclic) bond motifs is 1. The Hall–Kier alpha value is -2.50. The number of hydrogen-bond donors (Lipinski definition) is 2. The summed E-state index contributed by atoms with van der Waals surface area (Å²) in [5, 5.41) is 11.4. The van der Waals surface area contributed by atoms with E-state index in [1.807, 2.05) is 0 Å². The number of hydrogen-bond acceptors (Lipinski definition) is 4. The van der Waals surface area contributed by atoms with Gasteiger partial charge in [0.15, 0.2) is 0 Å². The number of carbonyl (C=O) groups excluding carboxylic acids is 1. The van der Waals surface area contributed by atoms with E-state index in [1.54, 1.807) is 31.4 Å². The first-order valence-corrected chi connectivity index (χ1v) is 6.53. The fraction of sp³-hybridized carbons (Fsp3) is 0.333. The Labute approximate surface area is 122 Å². The first-order chi connectivity index (χ1) is 10.0. The third-order valence-electron chi connectivity index (χ3n) is 3.21. The van der Waals surface area contributed by atoms with Crippen LogP contribution in [0.1, 0.15) is 12.5 Å². The Morgan fingerprint density at radius 3 is 2.90 bits per heavy atom. The molecule has 21 heavy (non-hydrogen) atoms. The molecule has 1 heterocycles. The van der Waals surface area contributed by atoms with E-state index in [1.165, 1.54) is 6.92 Å². The molecule has 0 saturated heterocycles. The number of nitrogens with one attached hydrogen (secondary N) is 1. The highest BCUT2D eigenvalue weighted by molar-refractivity contribution is 5.99. The lowest BCUT2D eigenvalue weighted by atomic mass is 10.1. The summed E-state index contributed by atoms with van der Waals surface area (Å²) in [6.45, 7) is 1.78. The van der Waals surface area contributed by atoms with Crippen LogP contribution in [0.2, 0.25) is 0 Å². The third-order valence-corrected chi connectivity index (χ3v) is 3.21. The Morgan fingerprint density at radius 2 is 2.24 bits per heavy atom. The average molecular weight is 291 g/mol. The van der Waals surface area contributed by atoms with Crippen molar-refractivity contribution in [2.75, 3.05) is 20.3 Å². The molecule has 2 rings (SSSR count). The summed E-state index contributed by atoms with van der Waals surface area (Å²) in [6, 6.07) is 5.35. The summed E-state index contributed by atoms with van der Waals surface area (Å²) in [6.07, 6.45) is 1.72. The number of amides is 1. The molecule has 1 atom stereocenters. The van der Waals surface area contributed by atoms with Gasteiger partial charge in [0, 0.05) is 12.1 Å². The van der Waals surface area contributed by atoms with Crippen LogP contribution in [0.3, 0.4) is 0 Å². The van der Waals surface area contributed by atoms with Crippen molar-refractivity contribution in [3.8, 4) is 11.5 Å². The fourth-order valence-corrected chi connectivity index (χ4v) is 1.86. The standard InChI is InChI=1S/C15H17NO5/c1-9(15(18)19)7-16-14(17)11-5-10-6-12(20-2)3-4-13(10)21-8-11/h3-6,9H,7-8H2,1-2H3,(H,16,17)(H,18,19). The molecule has 6 nitrogen and oxygen atoms in total. The average Bonchev–Trinajstić information content (AvgIpc) is 2.50. The highest BCUT2D eigenvalue weighted by Gasteiger charge is 2.19. The number of ether oxygens (including phenoxy) is 2. The minimum Gasteiger partial charge on any atom is -0.497 e. The first-order valence-electron chi connectivity index (χ1n) is 6.53. The number of carboxylic acid groups (broad SMARTS) is 1. The molecule has 2 N–H and O–H groups in total. The lowest BCUT2D eigenvalue weighted by Gasteiger charge is -2.18. The quantitative estimate of drug-likeness (QED) is 0.854. The molecule has 112 valence electrons. The van der Waals surface area contributed by atoms with Gasteiger partial charge in [-0.2, -0.15) is 0 Å². The zero-order valence-electron chi connectivity index (χ0n) is 11.9. The van der Waals surface area contributed by atoms with Gasteiger partial charge in [0.05, 0.1) is 18.6 Å². The van der Waals surface area contributed by atoms with Crippen LogP contribution in [0.15, 0.2) is 23.8 Å². The lowest BCUT2D eigenvalue weighted by molar-refractivity contribution is -0.141. The summed E-state index contributed by atoms with van der Waals surface area (Å²) in [5.41, 5.74) is 1.21. The second-order valence-corrected chi connectivity index (χ2v) is 4.81. The highest BCUT2D eigenvalue weighted by Crippen LogP contribution is 2.29. The summed E-state index contributed by atoms with van der Waals surface area (Å²) < 4.78 is 10.6. The van der Waals surface area contributed by atoms with Gasteiger partial charge in [-0.25, -0.2) is 0 Å². The van der Waals surface area contributed by atoms with Crippen molar-refractivity contribution in [1.82, 2.24) is 5.32 Å². The van der Waals surface area contributed by atoms with Crippen molar-refractivity contribution in [3.63, 3.8) is 0 Å². The SMILES string of the molecule is COc1ccc2c(c1)C=C(C(=O)NCC(C)C(=O)O)CO2. The van der Waals surface area contributed by atoms with E-state index in [0.717, 1.165) is 5.56 Å². The van der Waals surface area contributed by atoms with Gasteiger partial charge in [0.1, 0.15) is 18.1 Å². The van der Waals surface area contributed by atoms with Crippen molar-refractivity contribution < 1.29 is 24.2 Å². The number of rotatable bonds is 5. The first kappa shape index (κ1) is 14.9. The Morgan fingerprint density at radius 1 is 1.48 bits per heavy atom. The van der Waals surface area contributed by atoms with Gasteiger partial charge >= 0.3 is 5.97 Å². The number of aliphatic carboxylic acids is 1. The van der Waals surface area contributed by atoms with Crippen molar-refractivity contribution in [3.05, 3.63) is 29.3 Å². The summed E-state index contributed by atoms with van der Waals surface area (Å²) >= 11 is 0. The molecule has 1 aliphatic heterocycles. The largest absolute Gasteiger partial charge is 0.497 e. The number of benzene rings is 1. The summed E-state index contributed by atoms with van der Waals surface area (Å²) in [4.78, 5) is 22.7. The Kier molecular flexibility index (Phi) is 4.47. The molecule has 0 aliphatic carbocycles. The van der Waals surface area contributed by atoms with Crippen molar-refractivity contribution in [2.24, 2.45) is 5.92 Å². The monoisotopic (exact) mass is 291 g/mol. The van der Waals surface area contributed by atoms with Crippen LogP contribution in [0.5, 0.6) is 11.5 Å². The minimum absolute atomic E-state index is 0.0798. The third kappa shape index (κ3) is 3.53. The molecule has 0 fully saturated rings. The van der Waals surface area contributed by atoms with E-state index >= 15 is 0 Å². The van der Waals surface area contributed by atoms with Gasteiger partial charge in [-0.1, -0.05) is 6.92 Å². The molecule has 0 spiro atoms. The highest BCUT2D eigenvalue weighted by atomic mass is 16.5. The maximum atomic E-state index is 12.0. The molecule has 0 radical (unpaired) electrons. The van der Waals surface area contributed by atoms with Gasteiger partial charge in [-0.05, 0) is 24.3 Å². The van der Waals surface area contributed by atoms with E-state index < -0.39 is 11.9 Å². The van der Waals surface area contributed by atoms with Gasteiger partial charge in [0.2, 0.25) is 0 Å². The Bertz CT molecular complexity index is 594. The summed E-state index contributed by atoms with van der Waals surface area (Å²) in [5.74, 6) is -0.539. The minimum atomic E-state index is -0.945. The van der Waals surface area contributed by atoms with E-state index in [0.29, 0.717) is 17.1 Å². The molecule has 1 amide bonds. The zero-order valence-corrected chi connectivity index (χ0v) is 11.9. The Balaban J connectivity index is 2.08. The van der Waals surface area contributed by atoms with E-state index in [-0.39, 0.29) is 19.1 Å². The van der Waals surface area contributed by atoms with Gasteiger partial charge in [0.25, 0.3) is 5.91 Å². The molecule has 1 aromatic rings. The number of carbonyl (C=O) groups is 2. The number of methoxy groups -OCH3 is 1. The summed E-state index contributed by atoms with van der Waals surface area (Å²) in [7, 11) is 1.57. The zero-order chi connectivity index (χ0) is 15.4. The van der Waals surface area contributed by atoms with Crippen molar-refractivity contribution >= 4 is 18.0 Å². The molecule has 1 unspecified atom stereocenters. The second kappa shape index (κ2) is 6.30. The van der Waals surface area contributed by atoms with Crippen LogP contribution >= 0.6 is 0 Å². The smallest absolute Gasteiger partial charge is 0.308 e. The van der Waals surface area contributed by atoms with Crippen molar-refractivity contribution in [2.45, 2.75) is 6.92 Å².